The van der Waals surface area contributed by atoms with Crippen molar-refractivity contribution in [2.75, 3.05) is 45.9 Å². The van der Waals surface area contributed by atoms with Crippen LogP contribution < -0.4 is 10.2 Å². The Labute approximate surface area is 162 Å². The molecular weight excluding hydrogens is 367 g/mol. The number of carbonyl (C=O) groups is 3. The van der Waals surface area contributed by atoms with Crippen LogP contribution in [-0.4, -0.2) is 74.9 Å². The van der Waals surface area contributed by atoms with Crippen molar-refractivity contribution in [1.82, 2.24) is 10.2 Å². The van der Waals surface area contributed by atoms with Crippen molar-refractivity contribution < 1.29 is 28.4 Å². The van der Waals surface area contributed by atoms with Gasteiger partial charge >= 0.3 is 6.03 Å². The third-order valence-corrected chi connectivity index (χ3v) is 4.88. The highest BCUT2D eigenvalue weighted by atomic mass is 19.1. The average Bonchev–Trinajstić information content (AvgIpc) is 2.69. The number of rotatable bonds is 7. The first-order valence-corrected chi connectivity index (χ1v) is 9.36. The molecule has 2 aliphatic rings. The molecule has 0 aromatic heterocycles. The summed E-state index contributed by atoms with van der Waals surface area (Å²) < 4.78 is 18.3. The second-order valence-corrected chi connectivity index (χ2v) is 6.81. The fraction of sp³-hybridized carbons (Fsp3) is 0.474. The van der Waals surface area contributed by atoms with Gasteiger partial charge in [0.05, 0.1) is 26.3 Å². The fourth-order valence-corrected chi connectivity index (χ4v) is 3.18. The zero-order valence-corrected chi connectivity index (χ0v) is 15.5. The summed E-state index contributed by atoms with van der Waals surface area (Å²) in [6, 6.07) is 5.10. The first kappa shape index (κ1) is 20.1. The maximum atomic E-state index is 13.0. The monoisotopic (exact) mass is 391 g/mol. The van der Waals surface area contributed by atoms with Gasteiger partial charge in [0, 0.05) is 12.8 Å². The van der Waals surface area contributed by atoms with Gasteiger partial charge in [-0.2, -0.15) is 0 Å². The Bertz CT molecular complexity index is 747. The molecule has 2 saturated heterocycles. The number of ether oxygens (including phenoxy) is 1. The molecule has 4 amide bonds. The molecule has 0 aliphatic carbocycles. The molecule has 28 heavy (non-hydrogen) atoms. The van der Waals surface area contributed by atoms with Crippen LogP contribution in [0.4, 0.5) is 9.18 Å². The van der Waals surface area contributed by atoms with E-state index in [-0.39, 0.29) is 12.4 Å². The molecule has 1 aromatic rings. The van der Waals surface area contributed by atoms with Crippen molar-refractivity contribution in [2.45, 2.75) is 6.42 Å². The van der Waals surface area contributed by atoms with Gasteiger partial charge in [0.25, 0.3) is 0 Å². The molecule has 2 heterocycles. The van der Waals surface area contributed by atoms with Crippen molar-refractivity contribution >= 4 is 24.1 Å². The van der Waals surface area contributed by atoms with Crippen molar-refractivity contribution in [2.24, 2.45) is 10.9 Å². The van der Waals surface area contributed by atoms with Gasteiger partial charge in [0.15, 0.2) is 5.92 Å². The van der Waals surface area contributed by atoms with Crippen LogP contribution in [-0.2, 0) is 20.7 Å². The summed E-state index contributed by atoms with van der Waals surface area (Å²) in [5.41, 5.74) is 0.789. The van der Waals surface area contributed by atoms with E-state index in [9.17, 15) is 18.8 Å². The normalized spacial score (nSPS) is 21.4. The van der Waals surface area contributed by atoms with E-state index in [0.29, 0.717) is 13.0 Å². The second kappa shape index (κ2) is 9.52. The molecule has 2 fully saturated rings. The molecule has 2 aliphatic heterocycles. The van der Waals surface area contributed by atoms with Crippen molar-refractivity contribution in [3.8, 4) is 0 Å². The van der Waals surface area contributed by atoms with Gasteiger partial charge in [-0.1, -0.05) is 12.1 Å². The molecular formula is C19H24FN4O4+. The lowest BCUT2D eigenvalue weighted by Gasteiger charge is -2.28. The number of hydrogen-bond acceptors (Lipinski definition) is 5. The lowest BCUT2D eigenvalue weighted by molar-refractivity contribution is -0.906. The van der Waals surface area contributed by atoms with Crippen LogP contribution in [0.2, 0.25) is 0 Å². The standard InChI is InChI=1S/C19H23FN4O4/c20-15-3-1-14(2-4-15)5-7-24-18(26)16(17(25)22-19(24)27)13-21-6-8-23-9-11-28-12-10-23/h1-4,13,16H,5-12H2,(H,22,25,27)/p+1/t16-/m0/s1. The minimum absolute atomic E-state index is 0.103. The molecule has 2 N–H and O–H groups in total. The van der Waals surface area contributed by atoms with Crippen molar-refractivity contribution in [3.63, 3.8) is 0 Å². The predicted octanol–water partition coefficient (Wildman–Crippen LogP) is -0.951. The number of nitrogens with zero attached hydrogens (tertiary/aromatic N) is 2. The smallest absolute Gasteiger partial charge is 0.330 e. The topological polar surface area (TPSA) is 92.5 Å². The minimum atomic E-state index is -1.11. The molecule has 1 aromatic carbocycles. The highest BCUT2D eigenvalue weighted by Gasteiger charge is 2.39. The van der Waals surface area contributed by atoms with Crippen LogP contribution in [0, 0.1) is 11.7 Å². The summed E-state index contributed by atoms with van der Waals surface area (Å²) >= 11 is 0. The molecule has 0 saturated carbocycles. The van der Waals surface area contributed by atoms with Crippen LogP contribution in [0.3, 0.4) is 0 Å². The van der Waals surface area contributed by atoms with Gasteiger partial charge in [-0.05, 0) is 24.1 Å². The number of hydrogen-bond donors (Lipinski definition) is 2. The van der Waals surface area contributed by atoms with Crippen LogP contribution in [0.1, 0.15) is 5.56 Å². The fourth-order valence-electron chi connectivity index (χ4n) is 3.18. The lowest BCUT2D eigenvalue weighted by atomic mass is 10.1. The zero-order chi connectivity index (χ0) is 19.9. The van der Waals surface area contributed by atoms with E-state index in [1.165, 1.54) is 23.2 Å². The quantitative estimate of drug-likeness (QED) is 0.463. The Kier molecular flexibility index (Phi) is 6.83. The number of urea groups is 1. The minimum Gasteiger partial charge on any atom is -0.370 e. The zero-order valence-electron chi connectivity index (χ0n) is 15.5. The molecule has 0 unspecified atom stereocenters. The van der Waals surface area contributed by atoms with E-state index in [1.54, 1.807) is 12.1 Å². The van der Waals surface area contributed by atoms with E-state index >= 15 is 0 Å². The molecule has 0 radical (unpaired) electrons. The number of morpholine rings is 1. The third kappa shape index (κ3) is 5.20. The number of aliphatic imine (C=N–C) groups is 1. The van der Waals surface area contributed by atoms with E-state index in [0.717, 1.165) is 43.3 Å². The largest absolute Gasteiger partial charge is 0.370 e. The van der Waals surface area contributed by atoms with E-state index in [4.69, 9.17) is 4.74 Å². The number of benzene rings is 1. The summed E-state index contributed by atoms with van der Waals surface area (Å²) in [5, 5.41) is 2.20. The number of amides is 4. The van der Waals surface area contributed by atoms with Gasteiger partial charge in [0.1, 0.15) is 18.9 Å². The van der Waals surface area contributed by atoms with Crippen LogP contribution in [0.25, 0.3) is 0 Å². The Morgan fingerprint density at radius 3 is 2.64 bits per heavy atom. The number of barbiturate groups is 1. The van der Waals surface area contributed by atoms with Crippen molar-refractivity contribution in [3.05, 3.63) is 35.6 Å². The van der Waals surface area contributed by atoms with Gasteiger partial charge < -0.3 is 9.64 Å². The van der Waals surface area contributed by atoms with E-state index in [1.807, 2.05) is 0 Å². The Morgan fingerprint density at radius 1 is 1.21 bits per heavy atom. The van der Waals surface area contributed by atoms with E-state index in [2.05, 4.69) is 10.3 Å². The predicted molar refractivity (Wildman–Crippen MR) is 98.6 cm³/mol. The van der Waals surface area contributed by atoms with Crippen molar-refractivity contribution in [1.29, 1.82) is 0 Å². The summed E-state index contributed by atoms with van der Waals surface area (Å²) in [6.07, 6.45) is 1.70. The maximum Gasteiger partial charge on any atom is 0.330 e. The number of nitrogens with one attached hydrogen (secondary N) is 2. The molecule has 0 bridgehead atoms. The number of quaternary nitrogens is 1. The third-order valence-electron chi connectivity index (χ3n) is 4.88. The number of imide groups is 2. The van der Waals surface area contributed by atoms with Crippen LogP contribution >= 0.6 is 0 Å². The average molecular weight is 391 g/mol. The number of halogens is 1. The molecule has 3 rings (SSSR count). The van der Waals surface area contributed by atoms with Gasteiger partial charge in [-0.15, -0.1) is 0 Å². The van der Waals surface area contributed by atoms with Gasteiger partial charge in [0.2, 0.25) is 11.8 Å². The Morgan fingerprint density at radius 2 is 1.93 bits per heavy atom. The maximum absolute atomic E-state index is 13.0. The highest BCUT2D eigenvalue weighted by molar-refractivity contribution is 6.23. The van der Waals surface area contributed by atoms with Gasteiger partial charge in [-0.3, -0.25) is 24.8 Å². The number of carbonyl (C=O) groups excluding carboxylic acids is 3. The summed E-state index contributed by atoms with van der Waals surface area (Å²) in [4.78, 5) is 43.3. The second-order valence-electron chi connectivity index (χ2n) is 6.81. The lowest BCUT2D eigenvalue weighted by Crippen LogP contribution is -3.14. The van der Waals surface area contributed by atoms with E-state index < -0.39 is 23.8 Å². The molecule has 8 nitrogen and oxygen atoms in total. The Balaban J connectivity index is 1.54. The van der Waals surface area contributed by atoms with Crippen LogP contribution in [0.15, 0.2) is 29.3 Å². The summed E-state index contributed by atoms with van der Waals surface area (Å²) in [5.74, 6) is -2.70. The van der Waals surface area contributed by atoms with Crippen LogP contribution in [0.5, 0.6) is 0 Å². The molecule has 1 atom stereocenters. The summed E-state index contributed by atoms with van der Waals surface area (Å²) in [6.45, 7) is 4.70. The highest BCUT2D eigenvalue weighted by Crippen LogP contribution is 2.11. The Hall–Kier alpha value is -2.65. The summed E-state index contributed by atoms with van der Waals surface area (Å²) in [7, 11) is 0. The SMILES string of the molecule is O=C1NC(=O)N(CCc2ccc(F)cc2)C(=O)[C@H]1C=NCC[NH+]1CCOCC1. The van der Waals surface area contributed by atoms with Gasteiger partial charge in [-0.25, -0.2) is 9.18 Å². The first-order chi connectivity index (χ1) is 13.5. The molecule has 9 heteroatoms. The molecule has 150 valence electrons. The first-order valence-electron chi connectivity index (χ1n) is 9.36. The molecule has 0 spiro atoms.